The van der Waals surface area contributed by atoms with Gasteiger partial charge >= 0.3 is 0 Å². The number of rotatable bonds is 5. The molecule has 0 radical (unpaired) electrons. The summed E-state index contributed by atoms with van der Waals surface area (Å²) in [5.41, 5.74) is 6.00. The maximum absolute atomic E-state index is 14.0. The van der Waals surface area contributed by atoms with Crippen LogP contribution in [0.4, 0.5) is 4.39 Å². The molecule has 1 aromatic carbocycles. The Morgan fingerprint density at radius 2 is 2.05 bits per heavy atom. The Labute approximate surface area is 124 Å². The van der Waals surface area contributed by atoms with Crippen LogP contribution in [-0.4, -0.2) is 39.5 Å². The Hall–Kier alpha value is -1.02. The van der Waals surface area contributed by atoms with Crippen molar-refractivity contribution in [3.63, 3.8) is 0 Å². The summed E-state index contributed by atoms with van der Waals surface area (Å²) in [5.74, 6) is -0.372. The van der Waals surface area contributed by atoms with Crippen molar-refractivity contribution < 1.29 is 17.5 Å². The molecule has 1 heterocycles. The summed E-state index contributed by atoms with van der Waals surface area (Å²) in [5, 5.41) is 0. The minimum atomic E-state index is -3.78. The normalized spacial score (nSPS) is 18.0. The van der Waals surface area contributed by atoms with Gasteiger partial charge in [-0.05, 0) is 36.5 Å². The van der Waals surface area contributed by atoms with Gasteiger partial charge in [-0.3, -0.25) is 0 Å². The van der Waals surface area contributed by atoms with Crippen LogP contribution in [0.5, 0.6) is 0 Å². The van der Waals surface area contributed by atoms with Crippen molar-refractivity contribution >= 4 is 10.0 Å². The van der Waals surface area contributed by atoms with Gasteiger partial charge in [0.2, 0.25) is 10.0 Å². The van der Waals surface area contributed by atoms with Gasteiger partial charge in [0.05, 0.1) is 0 Å². The van der Waals surface area contributed by atoms with Gasteiger partial charge in [0, 0.05) is 33.4 Å². The zero-order valence-corrected chi connectivity index (χ0v) is 12.9. The maximum Gasteiger partial charge on any atom is 0.245 e. The summed E-state index contributed by atoms with van der Waals surface area (Å²) in [7, 11) is -2.14. The van der Waals surface area contributed by atoms with Gasteiger partial charge < -0.3 is 10.5 Å². The van der Waals surface area contributed by atoms with Crippen molar-refractivity contribution in [3.05, 3.63) is 29.6 Å². The van der Waals surface area contributed by atoms with Crippen LogP contribution in [0.1, 0.15) is 18.4 Å². The Morgan fingerprint density at radius 1 is 1.38 bits per heavy atom. The number of halogens is 1. The summed E-state index contributed by atoms with van der Waals surface area (Å²) in [6.07, 6.45) is 1.46. The predicted octanol–water partition coefficient (Wildman–Crippen LogP) is 1.33. The lowest BCUT2D eigenvalue weighted by molar-refractivity contribution is 0.121. The smallest absolute Gasteiger partial charge is 0.245 e. The quantitative estimate of drug-likeness (QED) is 0.889. The van der Waals surface area contributed by atoms with Crippen LogP contribution in [0, 0.1) is 11.7 Å². The van der Waals surface area contributed by atoms with E-state index in [2.05, 4.69) is 0 Å². The minimum Gasteiger partial charge on any atom is -0.384 e. The van der Waals surface area contributed by atoms with Crippen molar-refractivity contribution in [2.24, 2.45) is 11.7 Å². The molecule has 0 atom stereocenters. The second-order valence-electron chi connectivity index (χ2n) is 5.27. The molecule has 0 spiro atoms. The van der Waals surface area contributed by atoms with E-state index in [9.17, 15) is 12.8 Å². The highest BCUT2D eigenvalue weighted by Crippen LogP contribution is 2.25. The van der Waals surface area contributed by atoms with Crippen LogP contribution in [0.25, 0.3) is 0 Å². The van der Waals surface area contributed by atoms with Gasteiger partial charge in [0.1, 0.15) is 10.7 Å². The second kappa shape index (κ2) is 6.83. The molecule has 5 nitrogen and oxygen atoms in total. The molecule has 0 unspecified atom stereocenters. The van der Waals surface area contributed by atoms with Crippen molar-refractivity contribution in [2.45, 2.75) is 24.3 Å². The predicted molar refractivity (Wildman–Crippen MR) is 77.7 cm³/mol. The van der Waals surface area contributed by atoms with E-state index in [0.717, 1.165) is 12.8 Å². The largest absolute Gasteiger partial charge is 0.384 e. The van der Waals surface area contributed by atoms with Crippen LogP contribution in [-0.2, 0) is 21.3 Å². The number of methoxy groups -OCH3 is 1. The van der Waals surface area contributed by atoms with Crippen molar-refractivity contribution in [2.75, 3.05) is 26.8 Å². The number of sulfonamides is 1. The zero-order valence-electron chi connectivity index (χ0n) is 12.1. The molecule has 1 aliphatic heterocycles. The fourth-order valence-electron chi connectivity index (χ4n) is 2.57. The van der Waals surface area contributed by atoms with E-state index in [-0.39, 0.29) is 11.4 Å². The fourth-order valence-corrected chi connectivity index (χ4v) is 4.09. The number of piperidine rings is 1. The molecule has 0 bridgehead atoms. The molecule has 118 valence electrons. The molecule has 0 aromatic heterocycles. The second-order valence-corrected chi connectivity index (χ2v) is 7.18. The Kier molecular flexibility index (Phi) is 5.32. The Morgan fingerprint density at radius 3 is 2.57 bits per heavy atom. The molecular formula is C14H21FN2O3S. The Bertz CT molecular complexity index is 584. The first kappa shape index (κ1) is 16.4. The number of hydrogen-bond donors (Lipinski definition) is 1. The number of benzene rings is 1. The molecule has 2 N–H and O–H groups in total. The van der Waals surface area contributed by atoms with Crippen molar-refractivity contribution in [1.82, 2.24) is 4.31 Å². The number of nitrogens with two attached hydrogens (primary N) is 1. The van der Waals surface area contributed by atoms with Gasteiger partial charge in [-0.25, -0.2) is 12.8 Å². The molecule has 1 aliphatic rings. The summed E-state index contributed by atoms with van der Waals surface area (Å²) < 4.78 is 45.4. The molecule has 2 rings (SSSR count). The summed E-state index contributed by atoms with van der Waals surface area (Å²) in [4.78, 5) is -0.273. The minimum absolute atomic E-state index is 0.180. The monoisotopic (exact) mass is 316 g/mol. The fraction of sp³-hybridized carbons (Fsp3) is 0.571. The lowest BCUT2D eigenvalue weighted by Crippen LogP contribution is -2.39. The molecule has 0 saturated carbocycles. The van der Waals surface area contributed by atoms with E-state index >= 15 is 0 Å². The van der Waals surface area contributed by atoms with Gasteiger partial charge in [-0.15, -0.1) is 0 Å². The van der Waals surface area contributed by atoms with Gasteiger partial charge in [-0.1, -0.05) is 6.07 Å². The van der Waals surface area contributed by atoms with Gasteiger partial charge in [0.15, 0.2) is 0 Å². The maximum atomic E-state index is 14.0. The number of ether oxygens (including phenoxy) is 1. The number of hydrogen-bond acceptors (Lipinski definition) is 4. The molecule has 1 saturated heterocycles. The van der Waals surface area contributed by atoms with Crippen molar-refractivity contribution in [3.8, 4) is 0 Å². The van der Waals surface area contributed by atoms with E-state index in [4.69, 9.17) is 10.5 Å². The highest BCUT2D eigenvalue weighted by Gasteiger charge is 2.31. The van der Waals surface area contributed by atoms with Crippen LogP contribution in [0.15, 0.2) is 23.1 Å². The van der Waals surface area contributed by atoms with E-state index in [0.29, 0.717) is 31.2 Å². The Balaban J connectivity index is 2.16. The van der Waals surface area contributed by atoms with Crippen molar-refractivity contribution in [1.29, 1.82) is 0 Å². The lowest BCUT2D eigenvalue weighted by Gasteiger charge is -2.30. The third kappa shape index (κ3) is 3.60. The molecule has 7 heteroatoms. The molecule has 1 fully saturated rings. The summed E-state index contributed by atoms with van der Waals surface area (Å²) in [6, 6.07) is 4.03. The lowest BCUT2D eigenvalue weighted by atomic mass is 9.99. The van der Waals surface area contributed by atoms with E-state index in [1.54, 1.807) is 13.2 Å². The zero-order chi connectivity index (χ0) is 15.5. The SMILES string of the molecule is COCC1CCN(S(=O)(=O)c2ccc(CN)cc2F)CC1. The van der Waals surface area contributed by atoms with E-state index in [1.165, 1.54) is 16.4 Å². The van der Waals surface area contributed by atoms with Crippen LogP contribution in [0.3, 0.4) is 0 Å². The van der Waals surface area contributed by atoms with Gasteiger partial charge in [-0.2, -0.15) is 4.31 Å². The molecule has 1 aromatic rings. The number of nitrogens with zero attached hydrogens (tertiary/aromatic N) is 1. The summed E-state index contributed by atoms with van der Waals surface area (Å²) in [6.45, 7) is 1.61. The average Bonchev–Trinajstić information content (AvgIpc) is 2.47. The highest BCUT2D eigenvalue weighted by molar-refractivity contribution is 7.89. The molecular weight excluding hydrogens is 295 g/mol. The van der Waals surface area contributed by atoms with E-state index in [1.807, 2.05) is 0 Å². The topological polar surface area (TPSA) is 72.6 Å². The molecule has 0 aliphatic carbocycles. The summed E-state index contributed by atoms with van der Waals surface area (Å²) >= 11 is 0. The third-order valence-electron chi connectivity index (χ3n) is 3.83. The van der Waals surface area contributed by atoms with Crippen LogP contribution in [0.2, 0.25) is 0 Å². The molecule has 0 amide bonds. The first-order valence-electron chi connectivity index (χ1n) is 6.96. The molecule has 21 heavy (non-hydrogen) atoms. The first-order valence-corrected chi connectivity index (χ1v) is 8.40. The van der Waals surface area contributed by atoms with Crippen LogP contribution >= 0.6 is 0 Å². The third-order valence-corrected chi connectivity index (χ3v) is 5.76. The average molecular weight is 316 g/mol. The van der Waals surface area contributed by atoms with Crippen LogP contribution < -0.4 is 5.73 Å². The van der Waals surface area contributed by atoms with E-state index < -0.39 is 15.8 Å². The van der Waals surface area contributed by atoms with Gasteiger partial charge in [0.25, 0.3) is 0 Å². The first-order chi connectivity index (χ1) is 9.98. The highest BCUT2D eigenvalue weighted by atomic mass is 32.2. The standard InChI is InChI=1S/C14H21FN2O3S/c1-20-10-11-4-6-17(7-5-11)21(18,19)14-3-2-12(9-16)8-13(14)15/h2-3,8,11H,4-7,9-10,16H2,1H3.